The van der Waals surface area contributed by atoms with Crippen LogP contribution in [0.3, 0.4) is 0 Å². The highest BCUT2D eigenvalue weighted by molar-refractivity contribution is 6.32. The van der Waals surface area contributed by atoms with E-state index in [1.165, 1.54) is 6.21 Å². The number of carbonyl (C=O) groups is 2. The summed E-state index contributed by atoms with van der Waals surface area (Å²) in [4.78, 5) is 25.4. The maximum Gasteiger partial charge on any atom is 0.346 e. The van der Waals surface area contributed by atoms with Crippen molar-refractivity contribution in [1.82, 2.24) is 20.1 Å². The predicted octanol–water partition coefficient (Wildman–Crippen LogP) is 3.31. The number of nitrogens with zero attached hydrogens (tertiary/aromatic N) is 4. The smallest absolute Gasteiger partial charge is 0.346 e. The minimum absolute atomic E-state index is 0.368. The van der Waals surface area contributed by atoms with Crippen LogP contribution in [0, 0.1) is 12.8 Å². The highest BCUT2D eigenvalue weighted by Gasteiger charge is 2.49. The quantitative estimate of drug-likeness (QED) is 0.576. The molecule has 2 aromatic rings. The van der Waals surface area contributed by atoms with Crippen molar-refractivity contribution >= 4 is 29.8 Å². The Kier molecular flexibility index (Phi) is 5.66. The van der Waals surface area contributed by atoms with Crippen molar-refractivity contribution in [3.05, 3.63) is 46.2 Å². The number of hydrazone groups is 1. The monoisotopic (exact) mass is 417 g/mol. The zero-order valence-corrected chi connectivity index (χ0v) is 17.8. The van der Waals surface area contributed by atoms with Crippen LogP contribution in [0.15, 0.2) is 29.4 Å². The van der Waals surface area contributed by atoms with Gasteiger partial charge in [0.15, 0.2) is 0 Å². The molecule has 1 aliphatic heterocycles. The molecule has 1 aromatic heterocycles. The van der Waals surface area contributed by atoms with Gasteiger partial charge in [-0.3, -0.25) is 9.48 Å². The summed E-state index contributed by atoms with van der Waals surface area (Å²) in [5.41, 5.74) is 0.658. The third kappa shape index (κ3) is 3.85. The number of aryl methyl sites for hydroxylation is 1. The summed E-state index contributed by atoms with van der Waals surface area (Å²) in [6, 6.07) is 6.34. The van der Waals surface area contributed by atoms with Gasteiger partial charge in [-0.1, -0.05) is 37.6 Å². The number of hydrogen-bond acceptors (Lipinski definition) is 5. The Labute approximate surface area is 174 Å². The first-order chi connectivity index (χ1) is 13.7. The molecule has 1 aromatic carbocycles. The van der Waals surface area contributed by atoms with Crippen LogP contribution in [-0.4, -0.2) is 40.1 Å². The molecular formula is C20H24ClN5O3. The highest BCUT2D eigenvalue weighted by atomic mass is 35.5. The van der Waals surface area contributed by atoms with E-state index in [-0.39, 0.29) is 0 Å². The van der Waals surface area contributed by atoms with Gasteiger partial charge < -0.3 is 10.1 Å². The van der Waals surface area contributed by atoms with Gasteiger partial charge in [0, 0.05) is 6.54 Å². The Balaban J connectivity index is 1.86. The number of halogens is 1. The highest BCUT2D eigenvalue weighted by Crippen LogP contribution is 2.30. The lowest BCUT2D eigenvalue weighted by Gasteiger charge is -2.21. The van der Waals surface area contributed by atoms with Crippen LogP contribution in [-0.2, 0) is 16.9 Å². The maximum absolute atomic E-state index is 13.0. The first-order valence-electron chi connectivity index (χ1n) is 9.25. The normalized spacial score (nSPS) is 19.5. The van der Waals surface area contributed by atoms with Crippen LogP contribution in [0.1, 0.15) is 37.6 Å². The molecule has 3 rings (SSSR count). The van der Waals surface area contributed by atoms with Gasteiger partial charge in [-0.15, -0.1) is 5.01 Å². The number of aromatic nitrogens is 2. The second-order valence-corrected chi connectivity index (χ2v) is 7.87. The first-order valence-corrected chi connectivity index (χ1v) is 9.63. The van der Waals surface area contributed by atoms with Crippen LogP contribution in [0.4, 0.5) is 4.79 Å². The standard InChI is InChI=1S/C20H24ClN5O3/c1-12(2)11-25-17(21)16(13(3)24-25)10-22-26-18(27)20(4,23-19(26)28)14-6-8-15(29-5)9-7-14/h6-10,12H,11H2,1-5H3,(H,23,28)/t20-/m0/s1. The van der Waals surface area contributed by atoms with Crippen molar-refractivity contribution in [3.63, 3.8) is 0 Å². The molecule has 2 heterocycles. The number of benzene rings is 1. The lowest BCUT2D eigenvalue weighted by Crippen LogP contribution is -2.40. The van der Waals surface area contributed by atoms with Crippen molar-refractivity contribution in [2.75, 3.05) is 7.11 Å². The molecule has 0 radical (unpaired) electrons. The van der Waals surface area contributed by atoms with Crippen molar-refractivity contribution in [2.24, 2.45) is 11.0 Å². The van der Waals surface area contributed by atoms with E-state index in [0.717, 1.165) is 5.01 Å². The van der Waals surface area contributed by atoms with E-state index in [1.807, 2.05) is 0 Å². The molecule has 0 aliphatic carbocycles. The molecule has 1 atom stereocenters. The number of nitrogens with one attached hydrogen (secondary N) is 1. The van der Waals surface area contributed by atoms with E-state index in [2.05, 4.69) is 29.4 Å². The lowest BCUT2D eigenvalue weighted by molar-refractivity contribution is -0.131. The second kappa shape index (κ2) is 7.87. The van der Waals surface area contributed by atoms with Crippen LogP contribution in [0.25, 0.3) is 0 Å². The van der Waals surface area contributed by atoms with Gasteiger partial charge in [0.2, 0.25) is 0 Å². The lowest BCUT2D eigenvalue weighted by atomic mass is 9.92. The Morgan fingerprint density at radius 1 is 1.31 bits per heavy atom. The van der Waals surface area contributed by atoms with Crippen molar-refractivity contribution in [1.29, 1.82) is 0 Å². The topological polar surface area (TPSA) is 88.8 Å². The average Bonchev–Trinajstić information content (AvgIpc) is 3.06. The maximum atomic E-state index is 13.0. The van der Waals surface area contributed by atoms with Gasteiger partial charge >= 0.3 is 6.03 Å². The molecule has 1 saturated heterocycles. The Morgan fingerprint density at radius 3 is 2.55 bits per heavy atom. The van der Waals surface area contributed by atoms with Crippen molar-refractivity contribution < 1.29 is 14.3 Å². The van der Waals surface area contributed by atoms with E-state index in [1.54, 1.807) is 49.9 Å². The third-order valence-electron chi connectivity index (χ3n) is 4.79. The van der Waals surface area contributed by atoms with Gasteiger partial charge in [-0.2, -0.15) is 10.2 Å². The molecule has 9 heteroatoms. The molecule has 0 spiro atoms. The van der Waals surface area contributed by atoms with E-state index >= 15 is 0 Å². The van der Waals surface area contributed by atoms with E-state index in [0.29, 0.717) is 40.2 Å². The van der Waals surface area contributed by atoms with Gasteiger partial charge in [-0.05, 0) is 37.5 Å². The summed E-state index contributed by atoms with van der Waals surface area (Å²) in [5.74, 6) is 0.549. The largest absolute Gasteiger partial charge is 0.497 e. The Bertz CT molecular complexity index is 967. The van der Waals surface area contributed by atoms with Crippen LogP contribution in [0.2, 0.25) is 5.15 Å². The van der Waals surface area contributed by atoms with Crippen molar-refractivity contribution in [2.45, 2.75) is 39.8 Å². The number of rotatable bonds is 6. The number of hydrogen-bond donors (Lipinski definition) is 1. The van der Waals surface area contributed by atoms with Gasteiger partial charge in [-0.25, -0.2) is 4.79 Å². The summed E-state index contributed by atoms with van der Waals surface area (Å²) < 4.78 is 6.83. The Morgan fingerprint density at radius 2 is 1.97 bits per heavy atom. The molecule has 154 valence electrons. The van der Waals surface area contributed by atoms with Gasteiger partial charge in [0.05, 0.1) is 24.6 Å². The number of ether oxygens (including phenoxy) is 1. The van der Waals surface area contributed by atoms with Crippen LogP contribution >= 0.6 is 11.6 Å². The predicted molar refractivity (Wildman–Crippen MR) is 110 cm³/mol. The SMILES string of the molecule is COc1ccc([C@]2(C)NC(=O)N(N=Cc3c(C)nn(CC(C)C)c3Cl)C2=O)cc1. The number of imide groups is 1. The molecule has 0 unspecified atom stereocenters. The molecule has 8 nitrogen and oxygen atoms in total. The van der Waals surface area contributed by atoms with Crippen LogP contribution < -0.4 is 10.1 Å². The fourth-order valence-corrected chi connectivity index (χ4v) is 3.44. The molecular weight excluding hydrogens is 394 g/mol. The zero-order valence-electron chi connectivity index (χ0n) is 17.1. The number of urea groups is 1. The Hall–Kier alpha value is -2.87. The first kappa shape index (κ1) is 20.9. The molecule has 1 N–H and O–H groups in total. The molecule has 29 heavy (non-hydrogen) atoms. The summed E-state index contributed by atoms with van der Waals surface area (Å²) >= 11 is 6.41. The summed E-state index contributed by atoms with van der Waals surface area (Å²) in [6.07, 6.45) is 1.40. The molecule has 0 saturated carbocycles. The summed E-state index contributed by atoms with van der Waals surface area (Å²) in [7, 11) is 1.56. The average molecular weight is 418 g/mol. The summed E-state index contributed by atoms with van der Waals surface area (Å²) in [5, 5.41) is 12.5. The molecule has 0 bridgehead atoms. The third-order valence-corrected chi connectivity index (χ3v) is 5.19. The van der Waals surface area contributed by atoms with Gasteiger partial charge in [0.25, 0.3) is 5.91 Å². The van der Waals surface area contributed by atoms with Crippen molar-refractivity contribution in [3.8, 4) is 5.75 Å². The second-order valence-electron chi connectivity index (χ2n) is 7.51. The molecule has 1 aliphatic rings. The van der Waals surface area contributed by atoms with Gasteiger partial charge in [0.1, 0.15) is 16.4 Å². The fraction of sp³-hybridized carbons (Fsp3) is 0.400. The fourth-order valence-electron chi connectivity index (χ4n) is 3.15. The minimum atomic E-state index is -1.22. The minimum Gasteiger partial charge on any atom is -0.497 e. The molecule has 1 fully saturated rings. The van der Waals surface area contributed by atoms with E-state index < -0.39 is 17.5 Å². The summed E-state index contributed by atoms with van der Waals surface area (Å²) in [6.45, 7) is 8.23. The molecule has 3 amide bonds. The number of carbonyl (C=O) groups excluding carboxylic acids is 2. The van der Waals surface area contributed by atoms with E-state index in [9.17, 15) is 9.59 Å². The zero-order chi connectivity index (χ0) is 21.3. The number of amides is 3. The van der Waals surface area contributed by atoms with Crippen LogP contribution in [0.5, 0.6) is 5.75 Å². The number of methoxy groups -OCH3 is 1. The van der Waals surface area contributed by atoms with E-state index in [4.69, 9.17) is 16.3 Å².